The highest BCUT2D eigenvalue weighted by Gasteiger charge is 2.51. The summed E-state index contributed by atoms with van der Waals surface area (Å²) in [5, 5.41) is 5.74. The molecule has 8 heteroatoms. The monoisotopic (exact) mass is 387 g/mol. The first-order valence-electron chi connectivity index (χ1n) is 9.87. The van der Waals surface area contributed by atoms with Crippen LogP contribution >= 0.6 is 0 Å². The molecule has 150 valence electrons. The number of rotatable bonds is 7. The summed E-state index contributed by atoms with van der Waals surface area (Å²) in [5.41, 5.74) is 0.384. The molecule has 0 bridgehead atoms. The SMILES string of the molecule is O=C(CCCN1C(=O)NC2(CCCC2)C1=O)NCCc1ccc2c(c1)OCO2. The predicted octanol–water partition coefficient (Wildman–Crippen LogP) is 1.72. The Balaban J connectivity index is 1.17. The van der Waals surface area contributed by atoms with E-state index in [0.717, 1.165) is 29.9 Å². The zero-order chi connectivity index (χ0) is 19.6. The molecule has 28 heavy (non-hydrogen) atoms. The molecular formula is C20H25N3O5. The first-order chi connectivity index (χ1) is 13.6. The molecule has 2 fully saturated rings. The van der Waals surface area contributed by atoms with E-state index < -0.39 is 5.54 Å². The van der Waals surface area contributed by atoms with Gasteiger partial charge in [-0.25, -0.2) is 4.79 Å². The van der Waals surface area contributed by atoms with Gasteiger partial charge >= 0.3 is 6.03 Å². The third kappa shape index (κ3) is 3.63. The van der Waals surface area contributed by atoms with Crippen LogP contribution in [0.2, 0.25) is 0 Å². The maximum atomic E-state index is 12.5. The van der Waals surface area contributed by atoms with Gasteiger partial charge in [-0.1, -0.05) is 18.9 Å². The van der Waals surface area contributed by atoms with Gasteiger partial charge in [0.2, 0.25) is 12.7 Å². The molecule has 0 atom stereocenters. The first kappa shape index (κ1) is 18.6. The lowest BCUT2D eigenvalue weighted by atomic mass is 9.98. The van der Waals surface area contributed by atoms with Gasteiger partial charge in [-0.3, -0.25) is 14.5 Å². The van der Waals surface area contributed by atoms with Crippen LogP contribution in [0.3, 0.4) is 0 Å². The van der Waals surface area contributed by atoms with Crippen LogP contribution in [0, 0.1) is 0 Å². The second-order valence-electron chi connectivity index (χ2n) is 7.57. The fourth-order valence-electron chi connectivity index (χ4n) is 4.13. The lowest BCUT2D eigenvalue weighted by molar-refractivity contribution is -0.131. The number of fused-ring (bicyclic) bond motifs is 1. The zero-order valence-corrected chi connectivity index (χ0v) is 15.8. The van der Waals surface area contributed by atoms with E-state index in [1.807, 2.05) is 18.2 Å². The summed E-state index contributed by atoms with van der Waals surface area (Å²) in [6.45, 7) is 1.04. The molecule has 1 aliphatic carbocycles. The number of imide groups is 1. The third-order valence-electron chi connectivity index (χ3n) is 5.66. The molecule has 0 aromatic heterocycles. The topological polar surface area (TPSA) is 97.0 Å². The van der Waals surface area contributed by atoms with Gasteiger partial charge in [0, 0.05) is 19.5 Å². The minimum atomic E-state index is -0.677. The second kappa shape index (κ2) is 7.69. The molecular weight excluding hydrogens is 362 g/mol. The Morgan fingerprint density at radius 2 is 1.96 bits per heavy atom. The summed E-state index contributed by atoms with van der Waals surface area (Å²) < 4.78 is 10.6. The average Bonchev–Trinajstić information content (AvgIpc) is 3.38. The van der Waals surface area contributed by atoms with Gasteiger partial charge in [0.1, 0.15) is 5.54 Å². The summed E-state index contributed by atoms with van der Waals surface area (Å²) in [7, 11) is 0. The van der Waals surface area contributed by atoms with Gasteiger partial charge in [0.05, 0.1) is 0 Å². The summed E-state index contributed by atoms with van der Waals surface area (Å²) in [4.78, 5) is 38.0. The van der Waals surface area contributed by atoms with Crippen LogP contribution in [0.25, 0.3) is 0 Å². The van der Waals surface area contributed by atoms with Crippen molar-refractivity contribution in [2.45, 2.75) is 50.5 Å². The van der Waals surface area contributed by atoms with E-state index in [-0.39, 0.29) is 37.6 Å². The van der Waals surface area contributed by atoms with Crippen molar-refractivity contribution in [1.82, 2.24) is 15.5 Å². The summed E-state index contributed by atoms with van der Waals surface area (Å²) in [6, 6.07) is 5.42. The smallest absolute Gasteiger partial charge is 0.325 e. The highest BCUT2D eigenvalue weighted by atomic mass is 16.7. The van der Waals surface area contributed by atoms with Crippen molar-refractivity contribution in [2.24, 2.45) is 0 Å². The Morgan fingerprint density at radius 3 is 2.79 bits per heavy atom. The van der Waals surface area contributed by atoms with Gasteiger partial charge in [-0.15, -0.1) is 0 Å². The first-order valence-corrected chi connectivity index (χ1v) is 9.87. The van der Waals surface area contributed by atoms with Crippen LogP contribution in [0.5, 0.6) is 11.5 Å². The molecule has 4 rings (SSSR count). The van der Waals surface area contributed by atoms with Crippen LogP contribution in [-0.2, 0) is 16.0 Å². The molecule has 2 N–H and O–H groups in total. The Morgan fingerprint density at radius 1 is 1.18 bits per heavy atom. The molecule has 1 saturated heterocycles. The highest BCUT2D eigenvalue weighted by Crippen LogP contribution is 2.35. The molecule has 1 aromatic carbocycles. The Kier molecular flexibility index (Phi) is 5.11. The summed E-state index contributed by atoms with van der Waals surface area (Å²) >= 11 is 0. The lowest BCUT2D eigenvalue weighted by Gasteiger charge is -2.19. The van der Waals surface area contributed by atoms with Gasteiger partial charge in [-0.2, -0.15) is 0 Å². The van der Waals surface area contributed by atoms with E-state index >= 15 is 0 Å². The Hall–Kier alpha value is -2.77. The Bertz CT molecular complexity index is 788. The third-order valence-corrected chi connectivity index (χ3v) is 5.66. The van der Waals surface area contributed by atoms with Crippen molar-refractivity contribution >= 4 is 17.8 Å². The molecule has 2 aliphatic heterocycles. The van der Waals surface area contributed by atoms with Crippen LogP contribution in [0.15, 0.2) is 18.2 Å². The van der Waals surface area contributed by atoms with E-state index in [1.165, 1.54) is 4.90 Å². The normalized spacial score (nSPS) is 19.4. The van der Waals surface area contributed by atoms with E-state index in [9.17, 15) is 14.4 Å². The van der Waals surface area contributed by atoms with E-state index in [0.29, 0.717) is 32.2 Å². The maximum Gasteiger partial charge on any atom is 0.325 e. The molecule has 2 heterocycles. The number of benzene rings is 1. The molecule has 0 radical (unpaired) electrons. The van der Waals surface area contributed by atoms with Gasteiger partial charge in [0.25, 0.3) is 5.91 Å². The molecule has 1 aromatic rings. The predicted molar refractivity (Wildman–Crippen MR) is 100.0 cm³/mol. The average molecular weight is 387 g/mol. The molecule has 8 nitrogen and oxygen atoms in total. The van der Waals surface area contributed by atoms with Crippen LogP contribution in [-0.4, -0.2) is 48.2 Å². The van der Waals surface area contributed by atoms with Crippen molar-refractivity contribution in [2.75, 3.05) is 19.9 Å². The molecule has 1 saturated carbocycles. The minimum Gasteiger partial charge on any atom is -0.454 e. The van der Waals surface area contributed by atoms with Crippen LogP contribution in [0.4, 0.5) is 4.79 Å². The number of nitrogens with one attached hydrogen (secondary N) is 2. The van der Waals surface area contributed by atoms with Crippen LogP contribution < -0.4 is 20.1 Å². The number of nitrogens with zero attached hydrogens (tertiary/aromatic N) is 1. The van der Waals surface area contributed by atoms with Gasteiger partial charge in [-0.05, 0) is 43.4 Å². The number of carbonyl (C=O) groups is 3. The van der Waals surface area contributed by atoms with Gasteiger partial charge < -0.3 is 20.1 Å². The van der Waals surface area contributed by atoms with Crippen molar-refractivity contribution in [3.8, 4) is 11.5 Å². The lowest BCUT2D eigenvalue weighted by Crippen LogP contribution is -2.44. The van der Waals surface area contributed by atoms with E-state index in [4.69, 9.17) is 9.47 Å². The number of hydrogen-bond donors (Lipinski definition) is 2. The Labute approximate surface area is 163 Å². The van der Waals surface area contributed by atoms with Crippen molar-refractivity contribution < 1.29 is 23.9 Å². The fourth-order valence-corrected chi connectivity index (χ4v) is 4.13. The van der Waals surface area contributed by atoms with Crippen LogP contribution in [0.1, 0.15) is 44.1 Å². The van der Waals surface area contributed by atoms with Gasteiger partial charge in [0.15, 0.2) is 11.5 Å². The minimum absolute atomic E-state index is 0.0802. The summed E-state index contributed by atoms with van der Waals surface area (Å²) in [6.07, 6.45) is 4.80. The molecule has 3 aliphatic rings. The maximum absolute atomic E-state index is 12.5. The summed E-state index contributed by atoms with van der Waals surface area (Å²) in [5.74, 6) is 1.27. The van der Waals surface area contributed by atoms with E-state index in [1.54, 1.807) is 0 Å². The van der Waals surface area contributed by atoms with E-state index in [2.05, 4.69) is 10.6 Å². The second-order valence-corrected chi connectivity index (χ2v) is 7.57. The van der Waals surface area contributed by atoms with Crippen molar-refractivity contribution in [3.05, 3.63) is 23.8 Å². The highest BCUT2D eigenvalue weighted by molar-refractivity contribution is 6.07. The largest absolute Gasteiger partial charge is 0.454 e. The molecule has 4 amide bonds. The number of carbonyl (C=O) groups excluding carboxylic acids is 3. The number of urea groups is 1. The standard InChI is InChI=1S/C20H25N3O5/c24-17(21-10-7-14-5-6-15-16(12-14)28-13-27-15)4-3-11-23-18(25)20(22-19(23)26)8-1-2-9-20/h5-6,12H,1-4,7-11,13H2,(H,21,24)(H,22,26). The number of amides is 4. The molecule has 1 spiro atoms. The zero-order valence-electron chi connectivity index (χ0n) is 15.8. The molecule has 0 unspecified atom stereocenters. The van der Waals surface area contributed by atoms with Crippen molar-refractivity contribution in [3.63, 3.8) is 0 Å². The number of ether oxygens (including phenoxy) is 2. The quantitative estimate of drug-likeness (QED) is 0.695. The van der Waals surface area contributed by atoms with Crippen molar-refractivity contribution in [1.29, 1.82) is 0 Å². The number of hydrogen-bond acceptors (Lipinski definition) is 5. The fraction of sp³-hybridized carbons (Fsp3) is 0.550.